The minimum absolute atomic E-state index is 0.0444. The standard InChI is InChI=1S/C15H16N2O4/c1-3-8-16-14(19)10-21-15(20)9-12-4-6-13(7-5-12)17-11(2)18/h1,4-7H,8-10H2,2H3,(H,16,19)(H,17,18). The SMILES string of the molecule is C#CCNC(=O)COC(=O)Cc1ccc(NC(C)=O)cc1. The van der Waals surface area contributed by atoms with Gasteiger partial charge < -0.3 is 15.4 Å². The molecular weight excluding hydrogens is 272 g/mol. The Morgan fingerprint density at radius 1 is 1.24 bits per heavy atom. The van der Waals surface area contributed by atoms with Crippen molar-refractivity contribution in [2.45, 2.75) is 13.3 Å². The Balaban J connectivity index is 2.39. The first kappa shape index (κ1) is 16.2. The summed E-state index contributed by atoms with van der Waals surface area (Å²) in [6, 6.07) is 6.77. The van der Waals surface area contributed by atoms with Crippen LogP contribution in [-0.2, 0) is 25.5 Å². The number of anilines is 1. The summed E-state index contributed by atoms with van der Waals surface area (Å²) in [5.41, 5.74) is 1.37. The Labute approximate surface area is 122 Å². The largest absolute Gasteiger partial charge is 0.455 e. The lowest BCUT2D eigenvalue weighted by Crippen LogP contribution is -2.29. The van der Waals surface area contributed by atoms with Gasteiger partial charge in [-0.2, -0.15) is 0 Å². The van der Waals surface area contributed by atoms with Crippen molar-refractivity contribution in [2.24, 2.45) is 0 Å². The Hall–Kier alpha value is -2.81. The summed E-state index contributed by atoms with van der Waals surface area (Å²) in [5.74, 6) is 1.12. The van der Waals surface area contributed by atoms with E-state index in [0.29, 0.717) is 5.69 Å². The van der Waals surface area contributed by atoms with Crippen molar-refractivity contribution in [1.29, 1.82) is 0 Å². The second kappa shape index (κ2) is 8.38. The van der Waals surface area contributed by atoms with Gasteiger partial charge in [0.25, 0.3) is 5.91 Å². The van der Waals surface area contributed by atoms with E-state index in [2.05, 4.69) is 16.6 Å². The normalized spacial score (nSPS) is 9.33. The first-order chi connectivity index (χ1) is 10.0. The molecule has 1 aromatic rings. The number of nitrogens with one attached hydrogen (secondary N) is 2. The third-order valence-electron chi connectivity index (χ3n) is 2.37. The van der Waals surface area contributed by atoms with E-state index >= 15 is 0 Å². The topological polar surface area (TPSA) is 84.5 Å². The fourth-order valence-corrected chi connectivity index (χ4v) is 1.47. The van der Waals surface area contributed by atoms with Crippen LogP contribution in [0.5, 0.6) is 0 Å². The molecule has 0 unspecified atom stereocenters. The molecule has 1 rings (SSSR count). The maximum absolute atomic E-state index is 11.5. The van der Waals surface area contributed by atoms with Crippen molar-refractivity contribution < 1.29 is 19.1 Å². The lowest BCUT2D eigenvalue weighted by atomic mass is 10.1. The minimum atomic E-state index is -0.516. The Bertz CT molecular complexity index is 558. The average Bonchev–Trinajstić information content (AvgIpc) is 2.44. The van der Waals surface area contributed by atoms with Gasteiger partial charge >= 0.3 is 5.97 Å². The molecule has 0 heterocycles. The average molecular weight is 288 g/mol. The predicted molar refractivity (Wildman–Crippen MR) is 77.3 cm³/mol. The highest BCUT2D eigenvalue weighted by Crippen LogP contribution is 2.10. The maximum Gasteiger partial charge on any atom is 0.310 e. The molecule has 0 aliphatic heterocycles. The molecule has 2 N–H and O–H groups in total. The molecular formula is C15H16N2O4. The summed E-state index contributed by atoms with van der Waals surface area (Å²) in [6.07, 6.45) is 5.02. The van der Waals surface area contributed by atoms with Gasteiger partial charge in [0.1, 0.15) is 0 Å². The lowest BCUT2D eigenvalue weighted by molar-refractivity contribution is -0.147. The fourth-order valence-electron chi connectivity index (χ4n) is 1.47. The highest BCUT2D eigenvalue weighted by atomic mass is 16.5. The number of hydrogen-bond donors (Lipinski definition) is 2. The number of carbonyl (C=O) groups is 3. The molecule has 0 aliphatic carbocycles. The molecule has 0 saturated heterocycles. The van der Waals surface area contributed by atoms with E-state index in [0.717, 1.165) is 5.56 Å². The predicted octanol–water partition coefficient (Wildman–Crippen LogP) is 0.480. The Kier molecular flexibility index (Phi) is 6.48. The molecule has 0 aromatic heterocycles. The van der Waals surface area contributed by atoms with E-state index in [1.54, 1.807) is 24.3 Å². The van der Waals surface area contributed by atoms with Crippen LogP contribution >= 0.6 is 0 Å². The summed E-state index contributed by atoms with van der Waals surface area (Å²) in [7, 11) is 0. The molecule has 1 aromatic carbocycles. The molecule has 21 heavy (non-hydrogen) atoms. The van der Waals surface area contributed by atoms with Crippen LogP contribution < -0.4 is 10.6 Å². The van der Waals surface area contributed by atoms with Gasteiger partial charge in [-0.15, -0.1) is 6.42 Å². The van der Waals surface area contributed by atoms with Crippen molar-refractivity contribution in [1.82, 2.24) is 5.32 Å². The zero-order valence-electron chi connectivity index (χ0n) is 11.6. The van der Waals surface area contributed by atoms with E-state index in [1.807, 2.05) is 0 Å². The fraction of sp³-hybridized carbons (Fsp3) is 0.267. The van der Waals surface area contributed by atoms with Crippen LogP contribution in [0.25, 0.3) is 0 Å². The van der Waals surface area contributed by atoms with E-state index in [1.165, 1.54) is 6.92 Å². The third-order valence-corrected chi connectivity index (χ3v) is 2.37. The van der Waals surface area contributed by atoms with Crippen LogP contribution in [0, 0.1) is 12.3 Å². The molecule has 0 saturated carbocycles. The number of hydrogen-bond acceptors (Lipinski definition) is 4. The summed E-state index contributed by atoms with van der Waals surface area (Å²) < 4.78 is 4.81. The second-order valence-corrected chi connectivity index (χ2v) is 4.20. The van der Waals surface area contributed by atoms with Crippen molar-refractivity contribution in [3.05, 3.63) is 29.8 Å². The van der Waals surface area contributed by atoms with Gasteiger partial charge in [-0.05, 0) is 17.7 Å². The number of carbonyl (C=O) groups excluding carboxylic acids is 3. The molecule has 2 amide bonds. The third kappa shape index (κ3) is 6.78. The molecule has 0 bridgehead atoms. The number of benzene rings is 1. The van der Waals surface area contributed by atoms with E-state index in [4.69, 9.17) is 11.2 Å². The first-order valence-corrected chi connectivity index (χ1v) is 6.23. The molecule has 0 radical (unpaired) electrons. The molecule has 0 spiro atoms. The first-order valence-electron chi connectivity index (χ1n) is 6.23. The van der Waals surface area contributed by atoms with Crippen molar-refractivity contribution >= 4 is 23.5 Å². The Morgan fingerprint density at radius 2 is 1.90 bits per heavy atom. The van der Waals surface area contributed by atoms with Gasteiger partial charge in [0.2, 0.25) is 5.91 Å². The van der Waals surface area contributed by atoms with Gasteiger partial charge in [0, 0.05) is 12.6 Å². The van der Waals surface area contributed by atoms with Crippen LogP contribution in [0.2, 0.25) is 0 Å². The van der Waals surface area contributed by atoms with E-state index in [9.17, 15) is 14.4 Å². The molecule has 6 heteroatoms. The highest BCUT2D eigenvalue weighted by Gasteiger charge is 2.08. The minimum Gasteiger partial charge on any atom is -0.455 e. The van der Waals surface area contributed by atoms with Crippen LogP contribution in [0.15, 0.2) is 24.3 Å². The van der Waals surface area contributed by atoms with Crippen LogP contribution in [0.4, 0.5) is 5.69 Å². The summed E-state index contributed by atoms with van der Waals surface area (Å²) in [6.45, 7) is 1.15. The van der Waals surface area contributed by atoms with Crippen molar-refractivity contribution in [3.8, 4) is 12.3 Å². The lowest BCUT2D eigenvalue weighted by Gasteiger charge is -2.06. The van der Waals surface area contributed by atoms with Crippen molar-refractivity contribution in [3.63, 3.8) is 0 Å². The van der Waals surface area contributed by atoms with Gasteiger partial charge in [-0.1, -0.05) is 18.1 Å². The second-order valence-electron chi connectivity index (χ2n) is 4.20. The Morgan fingerprint density at radius 3 is 2.48 bits per heavy atom. The van der Waals surface area contributed by atoms with Crippen LogP contribution in [-0.4, -0.2) is 30.9 Å². The smallest absolute Gasteiger partial charge is 0.310 e. The number of ether oxygens (including phenoxy) is 1. The zero-order valence-corrected chi connectivity index (χ0v) is 11.6. The monoisotopic (exact) mass is 288 g/mol. The quantitative estimate of drug-likeness (QED) is 0.589. The zero-order chi connectivity index (χ0) is 15.7. The van der Waals surface area contributed by atoms with Gasteiger partial charge in [-0.3, -0.25) is 14.4 Å². The van der Waals surface area contributed by atoms with E-state index < -0.39 is 11.9 Å². The maximum atomic E-state index is 11.5. The van der Waals surface area contributed by atoms with Gasteiger partial charge in [-0.25, -0.2) is 0 Å². The van der Waals surface area contributed by atoms with E-state index in [-0.39, 0.29) is 25.5 Å². The highest BCUT2D eigenvalue weighted by molar-refractivity contribution is 5.88. The molecule has 0 fully saturated rings. The van der Waals surface area contributed by atoms with Crippen LogP contribution in [0.1, 0.15) is 12.5 Å². The molecule has 0 aliphatic rings. The summed E-state index contributed by atoms with van der Waals surface area (Å²) in [4.78, 5) is 33.6. The number of amides is 2. The summed E-state index contributed by atoms with van der Waals surface area (Å²) >= 11 is 0. The van der Waals surface area contributed by atoms with Gasteiger partial charge in [0.05, 0.1) is 13.0 Å². The van der Waals surface area contributed by atoms with Crippen LogP contribution in [0.3, 0.4) is 0 Å². The molecule has 110 valence electrons. The van der Waals surface area contributed by atoms with Gasteiger partial charge in [0.15, 0.2) is 6.61 Å². The molecule has 6 nitrogen and oxygen atoms in total. The number of esters is 1. The molecule has 0 atom stereocenters. The van der Waals surface area contributed by atoms with Crippen molar-refractivity contribution in [2.75, 3.05) is 18.5 Å². The summed E-state index contributed by atoms with van der Waals surface area (Å²) in [5, 5.41) is 5.01. The number of terminal acetylenes is 1. The number of rotatable bonds is 6.